The molecule has 2 aromatic carbocycles. The number of aliphatic imine (C=N–C) groups is 1. The van der Waals surface area contributed by atoms with Crippen LogP contribution in [0.25, 0.3) is 6.08 Å². The van der Waals surface area contributed by atoms with E-state index in [2.05, 4.69) is 56.5 Å². The van der Waals surface area contributed by atoms with Gasteiger partial charge in [-0.15, -0.1) is 0 Å². The molecule has 0 unspecified atom stereocenters. The summed E-state index contributed by atoms with van der Waals surface area (Å²) in [5.74, 6) is 0.979. The van der Waals surface area contributed by atoms with E-state index in [4.69, 9.17) is 0 Å². The zero-order valence-corrected chi connectivity index (χ0v) is 19.2. The molecule has 0 aliphatic carbocycles. The molecule has 6 nitrogen and oxygen atoms in total. The number of nitrogens with zero attached hydrogens (tertiary/aromatic N) is 3. The van der Waals surface area contributed by atoms with E-state index in [1.54, 1.807) is 0 Å². The van der Waals surface area contributed by atoms with Gasteiger partial charge in [-0.25, -0.2) is 8.42 Å². The Morgan fingerprint density at radius 1 is 1.00 bits per heavy atom. The van der Waals surface area contributed by atoms with Crippen molar-refractivity contribution in [1.29, 1.82) is 0 Å². The molecule has 166 valence electrons. The van der Waals surface area contributed by atoms with Crippen LogP contribution in [0.4, 0.5) is 0 Å². The van der Waals surface area contributed by atoms with Crippen LogP contribution in [0.2, 0.25) is 0 Å². The van der Waals surface area contributed by atoms with Gasteiger partial charge in [0.1, 0.15) is 0 Å². The average Bonchev–Trinajstić information content (AvgIpc) is 2.76. The summed E-state index contributed by atoms with van der Waals surface area (Å²) in [6.07, 6.45) is 5.66. The summed E-state index contributed by atoms with van der Waals surface area (Å²) < 4.78 is 22.8. The summed E-state index contributed by atoms with van der Waals surface area (Å²) in [6.45, 7) is 5.48. The summed E-state index contributed by atoms with van der Waals surface area (Å²) in [4.78, 5) is 9.17. The smallest absolute Gasteiger partial charge is 0.194 e. The molecule has 0 spiro atoms. The van der Waals surface area contributed by atoms with Gasteiger partial charge in [-0.3, -0.25) is 9.89 Å². The first kappa shape index (κ1) is 23.0. The van der Waals surface area contributed by atoms with Crippen molar-refractivity contribution in [3.8, 4) is 0 Å². The maximum absolute atomic E-state index is 11.4. The third kappa shape index (κ3) is 7.84. The first-order valence-corrected chi connectivity index (χ1v) is 12.6. The highest BCUT2D eigenvalue weighted by molar-refractivity contribution is 7.89. The molecule has 1 heterocycles. The highest BCUT2D eigenvalue weighted by Crippen LogP contribution is 2.09. The van der Waals surface area contributed by atoms with Crippen molar-refractivity contribution in [3.05, 3.63) is 77.4 Å². The molecular formula is C24H32N4O2S. The molecule has 0 atom stereocenters. The average molecular weight is 441 g/mol. The van der Waals surface area contributed by atoms with Gasteiger partial charge < -0.3 is 10.2 Å². The maximum atomic E-state index is 11.4. The summed E-state index contributed by atoms with van der Waals surface area (Å²) in [5, 5.41) is 3.43. The fraction of sp³-hybridized carbons (Fsp3) is 0.375. The van der Waals surface area contributed by atoms with E-state index < -0.39 is 9.84 Å². The molecule has 7 heteroatoms. The van der Waals surface area contributed by atoms with Crippen molar-refractivity contribution in [1.82, 2.24) is 15.1 Å². The minimum atomic E-state index is -3.01. The Morgan fingerprint density at radius 3 is 2.26 bits per heavy atom. The van der Waals surface area contributed by atoms with Crippen LogP contribution in [-0.2, 0) is 22.1 Å². The number of nitrogens with one attached hydrogen (secondary N) is 1. The number of piperazine rings is 1. The van der Waals surface area contributed by atoms with Gasteiger partial charge in [-0.2, -0.15) is 0 Å². The Morgan fingerprint density at radius 2 is 1.65 bits per heavy atom. The minimum Gasteiger partial charge on any atom is -0.352 e. The van der Waals surface area contributed by atoms with Gasteiger partial charge in [0.15, 0.2) is 15.8 Å². The molecule has 0 bridgehead atoms. The summed E-state index contributed by atoms with van der Waals surface area (Å²) >= 11 is 0. The quantitative estimate of drug-likeness (QED) is 0.530. The van der Waals surface area contributed by atoms with E-state index in [1.807, 2.05) is 37.4 Å². The number of benzene rings is 2. The molecule has 0 amide bonds. The Labute approximate surface area is 186 Å². The van der Waals surface area contributed by atoms with Gasteiger partial charge in [-0.05, 0) is 16.7 Å². The van der Waals surface area contributed by atoms with Crippen molar-refractivity contribution in [3.63, 3.8) is 0 Å². The van der Waals surface area contributed by atoms with Crippen LogP contribution in [0, 0.1) is 0 Å². The second-order valence-corrected chi connectivity index (χ2v) is 10.0. The molecule has 1 saturated heterocycles. The minimum absolute atomic E-state index is 0.0766. The number of guanidine groups is 1. The van der Waals surface area contributed by atoms with Crippen LogP contribution in [0.5, 0.6) is 0 Å². The monoisotopic (exact) mass is 440 g/mol. The molecule has 0 radical (unpaired) electrons. The van der Waals surface area contributed by atoms with Crippen LogP contribution in [0.3, 0.4) is 0 Å². The van der Waals surface area contributed by atoms with Crippen LogP contribution in [-0.4, -0.2) is 70.2 Å². The van der Waals surface area contributed by atoms with Crippen molar-refractivity contribution in [2.75, 3.05) is 46.0 Å². The topological polar surface area (TPSA) is 65.0 Å². The van der Waals surface area contributed by atoms with Crippen molar-refractivity contribution >= 4 is 21.9 Å². The zero-order valence-electron chi connectivity index (χ0n) is 18.4. The van der Waals surface area contributed by atoms with Crippen molar-refractivity contribution < 1.29 is 8.42 Å². The third-order valence-corrected chi connectivity index (χ3v) is 6.12. The lowest BCUT2D eigenvalue weighted by Gasteiger charge is -2.36. The van der Waals surface area contributed by atoms with Gasteiger partial charge >= 0.3 is 0 Å². The first-order chi connectivity index (χ1) is 14.9. The van der Waals surface area contributed by atoms with E-state index in [9.17, 15) is 8.42 Å². The molecule has 2 aromatic rings. The van der Waals surface area contributed by atoms with E-state index in [-0.39, 0.29) is 5.75 Å². The number of hydrogen-bond donors (Lipinski definition) is 1. The highest BCUT2D eigenvalue weighted by Gasteiger charge is 2.18. The molecule has 31 heavy (non-hydrogen) atoms. The zero-order chi connectivity index (χ0) is 22.1. The van der Waals surface area contributed by atoms with Gasteiger partial charge in [0.2, 0.25) is 0 Å². The predicted molar refractivity (Wildman–Crippen MR) is 129 cm³/mol. The second kappa shape index (κ2) is 11.1. The van der Waals surface area contributed by atoms with E-state index in [1.165, 1.54) is 11.8 Å². The molecule has 1 aliphatic heterocycles. The van der Waals surface area contributed by atoms with Crippen molar-refractivity contribution in [2.45, 2.75) is 12.3 Å². The van der Waals surface area contributed by atoms with Crippen LogP contribution in [0.15, 0.2) is 65.7 Å². The molecular weight excluding hydrogens is 408 g/mol. The summed E-state index contributed by atoms with van der Waals surface area (Å²) in [6, 6.07) is 18.1. The Bertz CT molecular complexity index is 978. The first-order valence-electron chi connectivity index (χ1n) is 10.6. The molecule has 0 aromatic heterocycles. The molecule has 3 rings (SSSR count). The SMILES string of the molecule is CN=C(NCc1ccc(CS(C)(=O)=O)cc1)N1CCN(C/C=C/c2ccccc2)CC1. The van der Waals surface area contributed by atoms with Gasteiger partial charge in [0.05, 0.1) is 5.75 Å². The Hall–Kier alpha value is -2.64. The van der Waals surface area contributed by atoms with E-state index in [0.29, 0.717) is 6.54 Å². The Kier molecular flexibility index (Phi) is 8.26. The van der Waals surface area contributed by atoms with Crippen LogP contribution in [0.1, 0.15) is 16.7 Å². The van der Waals surface area contributed by atoms with Crippen molar-refractivity contribution in [2.24, 2.45) is 4.99 Å². The second-order valence-electron chi connectivity index (χ2n) is 7.89. The lowest BCUT2D eigenvalue weighted by molar-refractivity contribution is 0.194. The van der Waals surface area contributed by atoms with Gasteiger partial charge in [-0.1, -0.05) is 66.7 Å². The molecule has 1 N–H and O–H groups in total. The highest BCUT2D eigenvalue weighted by atomic mass is 32.2. The van der Waals surface area contributed by atoms with E-state index >= 15 is 0 Å². The van der Waals surface area contributed by atoms with Crippen LogP contribution < -0.4 is 5.32 Å². The standard InChI is InChI=1S/C24H32N4O2S/c1-25-24(26-19-22-10-12-23(13-11-22)20-31(2,29)30)28-17-15-27(16-18-28)14-6-9-21-7-4-3-5-8-21/h3-13H,14-20H2,1-2H3,(H,25,26)/b9-6+. The number of hydrogen-bond acceptors (Lipinski definition) is 4. The van der Waals surface area contributed by atoms with E-state index in [0.717, 1.165) is 49.8 Å². The fourth-order valence-corrected chi connectivity index (χ4v) is 4.41. The lowest BCUT2D eigenvalue weighted by atomic mass is 10.1. The summed E-state index contributed by atoms with van der Waals surface area (Å²) in [7, 11) is -1.20. The molecule has 1 aliphatic rings. The maximum Gasteiger partial charge on any atom is 0.194 e. The van der Waals surface area contributed by atoms with Crippen LogP contribution >= 0.6 is 0 Å². The number of sulfone groups is 1. The van der Waals surface area contributed by atoms with Gasteiger partial charge in [0, 0.05) is 52.6 Å². The predicted octanol–water partition coefficient (Wildman–Crippen LogP) is 2.64. The summed E-state index contributed by atoms with van der Waals surface area (Å²) in [5.41, 5.74) is 3.14. The Balaban J connectivity index is 1.43. The lowest BCUT2D eigenvalue weighted by Crippen LogP contribution is -2.52. The number of rotatable bonds is 7. The third-order valence-electron chi connectivity index (χ3n) is 5.26. The molecule has 1 fully saturated rings. The fourth-order valence-electron chi connectivity index (χ4n) is 3.61. The van der Waals surface area contributed by atoms with Gasteiger partial charge in [0.25, 0.3) is 0 Å². The normalized spacial score (nSPS) is 16.1. The molecule has 0 saturated carbocycles. The largest absolute Gasteiger partial charge is 0.352 e.